The number of hydrogen-bond donors (Lipinski definition) is 0. The zero-order chi connectivity index (χ0) is 20.4. The first-order chi connectivity index (χ1) is 13.9. The lowest BCUT2D eigenvalue weighted by Crippen LogP contribution is -2.08. The third-order valence-corrected chi connectivity index (χ3v) is 5.79. The van der Waals surface area contributed by atoms with E-state index < -0.39 is 21.4 Å². The molecule has 0 atom stereocenters. The van der Waals surface area contributed by atoms with Crippen LogP contribution >= 0.6 is 11.6 Å². The van der Waals surface area contributed by atoms with Gasteiger partial charge in [0, 0.05) is 16.1 Å². The zero-order valence-corrected chi connectivity index (χ0v) is 16.5. The van der Waals surface area contributed by atoms with Gasteiger partial charge in [0.1, 0.15) is 17.3 Å². The molecule has 0 saturated carbocycles. The van der Waals surface area contributed by atoms with Crippen LogP contribution in [0.15, 0.2) is 69.6 Å². The Bertz CT molecular complexity index is 1270. The molecule has 9 heteroatoms. The highest BCUT2D eigenvalue weighted by Gasteiger charge is 2.20. The molecule has 4 rings (SSSR count). The quantitative estimate of drug-likeness (QED) is 0.430. The number of furan rings is 1. The van der Waals surface area contributed by atoms with E-state index in [0.717, 1.165) is 0 Å². The number of benzene rings is 2. The van der Waals surface area contributed by atoms with E-state index in [4.69, 9.17) is 20.5 Å². The summed E-state index contributed by atoms with van der Waals surface area (Å²) in [4.78, 5) is 4.25. The Hall–Kier alpha value is -2.97. The summed E-state index contributed by atoms with van der Waals surface area (Å²) in [6.45, 7) is 0. The summed E-state index contributed by atoms with van der Waals surface area (Å²) in [5, 5.41) is 4.42. The van der Waals surface area contributed by atoms with E-state index in [0.29, 0.717) is 16.4 Å². The molecule has 6 nitrogen and oxygen atoms in total. The number of aromatic nitrogens is 2. The summed E-state index contributed by atoms with van der Waals surface area (Å²) in [6, 6.07) is 15.8. The first-order valence-electron chi connectivity index (χ1n) is 8.52. The second-order valence-electron chi connectivity index (χ2n) is 6.32. The van der Waals surface area contributed by atoms with Crippen molar-refractivity contribution in [3.63, 3.8) is 0 Å². The van der Waals surface area contributed by atoms with Crippen LogP contribution < -0.4 is 0 Å². The van der Waals surface area contributed by atoms with Crippen LogP contribution in [0.5, 0.6) is 0 Å². The lowest BCUT2D eigenvalue weighted by molar-refractivity contribution is 0.413. The van der Waals surface area contributed by atoms with Crippen LogP contribution in [0.2, 0.25) is 5.02 Å². The van der Waals surface area contributed by atoms with Gasteiger partial charge in [-0.05, 0) is 30.3 Å². The molecule has 0 N–H and O–H groups in total. The second-order valence-corrected chi connectivity index (χ2v) is 8.82. The number of halogens is 2. The van der Waals surface area contributed by atoms with Gasteiger partial charge in [-0.1, -0.05) is 47.1 Å². The van der Waals surface area contributed by atoms with Gasteiger partial charge in [0.15, 0.2) is 15.6 Å². The molecule has 0 aliphatic carbocycles. The monoisotopic (exact) mass is 432 g/mol. The molecule has 0 saturated heterocycles. The minimum absolute atomic E-state index is 0.109. The van der Waals surface area contributed by atoms with Crippen molar-refractivity contribution in [1.82, 2.24) is 10.1 Å². The maximum atomic E-state index is 13.7. The predicted molar refractivity (Wildman–Crippen MR) is 105 cm³/mol. The summed E-state index contributed by atoms with van der Waals surface area (Å²) >= 11 is 5.97. The van der Waals surface area contributed by atoms with Gasteiger partial charge in [0.25, 0.3) is 5.89 Å². The molecule has 0 radical (unpaired) electrons. The highest BCUT2D eigenvalue weighted by atomic mass is 35.5. The smallest absolute Gasteiger partial charge is 0.293 e. The maximum absolute atomic E-state index is 13.7. The Balaban J connectivity index is 1.51. The van der Waals surface area contributed by atoms with Crippen molar-refractivity contribution in [1.29, 1.82) is 0 Å². The molecule has 0 amide bonds. The van der Waals surface area contributed by atoms with Gasteiger partial charge in [-0.15, -0.1) is 0 Å². The largest absolute Gasteiger partial charge is 0.455 e. The highest BCUT2D eigenvalue weighted by molar-refractivity contribution is 7.89. The van der Waals surface area contributed by atoms with Crippen LogP contribution in [0.3, 0.4) is 0 Å². The van der Waals surface area contributed by atoms with Crippen LogP contribution in [-0.4, -0.2) is 18.6 Å². The topological polar surface area (TPSA) is 86.2 Å². The fourth-order valence-electron chi connectivity index (χ4n) is 2.76. The first kappa shape index (κ1) is 19.4. The van der Waals surface area contributed by atoms with Gasteiger partial charge in [-0.3, -0.25) is 0 Å². The van der Waals surface area contributed by atoms with Gasteiger partial charge >= 0.3 is 0 Å². The Morgan fingerprint density at radius 2 is 1.83 bits per heavy atom. The summed E-state index contributed by atoms with van der Waals surface area (Å²) in [7, 11) is -3.64. The molecule has 29 heavy (non-hydrogen) atoms. The molecular formula is C20H14ClFN2O4S. The SMILES string of the molecule is O=S(=O)(Cc1ccc(-c2nc(-c3cccc(Cl)c3)no2)o1)Cc1ccccc1F. The fourth-order valence-corrected chi connectivity index (χ4v) is 4.35. The second kappa shape index (κ2) is 7.81. The van der Waals surface area contributed by atoms with Gasteiger partial charge in [0.2, 0.25) is 5.82 Å². The zero-order valence-electron chi connectivity index (χ0n) is 14.9. The van der Waals surface area contributed by atoms with E-state index in [1.165, 1.54) is 24.3 Å². The molecule has 148 valence electrons. The molecule has 0 spiro atoms. The Kier molecular flexibility index (Phi) is 5.21. The van der Waals surface area contributed by atoms with E-state index in [2.05, 4.69) is 10.1 Å². The Labute approximate surface area is 170 Å². The van der Waals surface area contributed by atoms with E-state index >= 15 is 0 Å². The molecule has 2 heterocycles. The van der Waals surface area contributed by atoms with Crippen molar-refractivity contribution in [2.45, 2.75) is 11.5 Å². The third-order valence-electron chi connectivity index (χ3n) is 4.08. The average Bonchev–Trinajstić information content (AvgIpc) is 3.32. The molecule has 0 fully saturated rings. The van der Waals surface area contributed by atoms with E-state index in [1.807, 2.05) is 0 Å². The van der Waals surface area contributed by atoms with Crippen molar-refractivity contribution in [2.24, 2.45) is 0 Å². The van der Waals surface area contributed by atoms with Crippen molar-refractivity contribution in [3.8, 4) is 23.0 Å². The molecular weight excluding hydrogens is 419 g/mol. The summed E-state index contributed by atoms with van der Waals surface area (Å²) in [6.07, 6.45) is 0. The Morgan fingerprint density at radius 3 is 2.62 bits per heavy atom. The van der Waals surface area contributed by atoms with E-state index in [-0.39, 0.29) is 28.7 Å². The first-order valence-corrected chi connectivity index (χ1v) is 10.7. The lowest BCUT2D eigenvalue weighted by atomic mass is 10.2. The van der Waals surface area contributed by atoms with Gasteiger partial charge < -0.3 is 8.94 Å². The molecule has 2 aromatic heterocycles. The standard InChI is InChI=1S/C20H14ClFN2O4S/c21-15-6-3-5-13(10-15)19-23-20(28-24-19)18-9-8-16(27-18)12-29(25,26)11-14-4-1-2-7-17(14)22/h1-10H,11-12H2. The fraction of sp³-hybridized carbons (Fsp3) is 0.100. The molecule has 2 aromatic carbocycles. The highest BCUT2D eigenvalue weighted by Crippen LogP contribution is 2.26. The summed E-state index contributed by atoms with van der Waals surface area (Å²) < 4.78 is 49.3. The van der Waals surface area contributed by atoms with Crippen LogP contribution in [0.25, 0.3) is 23.0 Å². The number of nitrogens with zero attached hydrogens (tertiary/aromatic N) is 2. The van der Waals surface area contributed by atoms with Crippen LogP contribution in [0, 0.1) is 5.82 Å². The maximum Gasteiger partial charge on any atom is 0.293 e. The van der Waals surface area contributed by atoms with Crippen LogP contribution in [0.1, 0.15) is 11.3 Å². The molecule has 0 aliphatic heterocycles. The summed E-state index contributed by atoms with van der Waals surface area (Å²) in [5.41, 5.74) is 0.786. The molecule has 0 unspecified atom stereocenters. The Morgan fingerprint density at radius 1 is 1.00 bits per heavy atom. The molecule has 4 aromatic rings. The van der Waals surface area contributed by atoms with Crippen molar-refractivity contribution in [2.75, 3.05) is 0 Å². The summed E-state index contributed by atoms with van der Waals surface area (Å²) in [5.74, 6) is -0.493. The lowest BCUT2D eigenvalue weighted by Gasteiger charge is -2.04. The normalized spacial score (nSPS) is 11.7. The van der Waals surface area contributed by atoms with Gasteiger partial charge in [0.05, 0.1) is 5.75 Å². The van der Waals surface area contributed by atoms with E-state index in [1.54, 1.807) is 36.4 Å². The van der Waals surface area contributed by atoms with Gasteiger partial charge in [-0.2, -0.15) is 4.98 Å². The minimum Gasteiger partial charge on any atom is -0.455 e. The van der Waals surface area contributed by atoms with Crippen molar-refractivity contribution in [3.05, 3.63) is 82.8 Å². The minimum atomic E-state index is -3.64. The number of rotatable bonds is 6. The van der Waals surface area contributed by atoms with E-state index in [9.17, 15) is 12.8 Å². The van der Waals surface area contributed by atoms with Crippen LogP contribution in [-0.2, 0) is 21.3 Å². The molecule has 0 bridgehead atoms. The molecule has 0 aliphatic rings. The number of sulfone groups is 1. The van der Waals surface area contributed by atoms with Crippen molar-refractivity contribution >= 4 is 21.4 Å². The predicted octanol–water partition coefficient (Wildman–Crippen LogP) is 4.90. The van der Waals surface area contributed by atoms with Crippen LogP contribution in [0.4, 0.5) is 4.39 Å². The number of hydrogen-bond acceptors (Lipinski definition) is 6. The van der Waals surface area contributed by atoms with Gasteiger partial charge in [-0.25, -0.2) is 12.8 Å². The third kappa shape index (κ3) is 4.55. The average molecular weight is 433 g/mol. The van der Waals surface area contributed by atoms with Crippen molar-refractivity contribution < 1.29 is 21.7 Å².